The van der Waals surface area contributed by atoms with Crippen LogP contribution in [0.4, 0.5) is 0 Å². The van der Waals surface area contributed by atoms with Crippen molar-refractivity contribution in [2.45, 2.75) is 57.3 Å². The molecule has 0 atom stereocenters. The van der Waals surface area contributed by atoms with E-state index < -0.39 is 15.7 Å². The van der Waals surface area contributed by atoms with E-state index in [9.17, 15) is 13.2 Å². The van der Waals surface area contributed by atoms with Crippen LogP contribution in [0.1, 0.15) is 61.0 Å². The normalized spacial score (nSPS) is 11.3. The zero-order valence-electron chi connectivity index (χ0n) is 14.6. The van der Waals surface area contributed by atoms with Crippen LogP contribution in [0, 0.1) is 0 Å². The zero-order chi connectivity index (χ0) is 18.3. The number of carbonyl (C=O) groups is 1. The number of unbranched alkanes of at least 4 members (excludes halogenated alkanes) is 3. The Morgan fingerprint density at radius 3 is 2.25 bits per heavy atom. The molecule has 1 rings (SSSR count). The highest BCUT2D eigenvalue weighted by atomic mass is 32.2. The van der Waals surface area contributed by atoms with Gasteiger partial charge in [0.05, 0.1) is 4.90 Å². The minimum Gasteiger partial charge on any atom is -0.370 e. The van der Waals surface area contributed by atoms with Crippen molar-refractivity contribution in [2.24, 2.45) is 16.5 Å². The molecule has 0 bridgehead atoms. The molecule has 0 aliphatic heterocycles. The van der Waals surface area contributed by atoms with Crippen LogP contribution in [0.15, 0.2) is 22.0 Å². The van der Waals surface area contributed by atoms with Crippen LogP contribution in [0.25, 0.3) is 0 Å². The van der Waals surface area contributed by atoms with E-state index >= 15 is 0 Å². The second kappa shape index (κ2) is 8.82. The monoisotopic (exact) mass is 353 g/mol. The van der Waals surface area contributed by atoms with Crippen molar-refractivity contribution in [3.63, 3.8) is 0 Å². The first-order valence-electron chi connectivity index (χ1n) is 8.20. The second-order valence-corrected chi connectivity index (χ2v) is 7.88. The molecule has 0 saturated heterocycles. The van der Waals surface area contributed by atoms with Crippen molar-refractivity contribution in [2.75, 3.05) is 6.26 Å². The number of sulfone groups is 1. The molecule has 0 aromatic heterocycles. The van der Waals surface area contributed by atoms with Gasteiger partial charge in [0.2, 0.25) is 0 Å². The van der Waals surface area contributed by atoms with Gasteiger partial charge in [0.1, 0.15) is 0 Å². The topological polar surface area (TPSA) is 116 Å². The number of nitrogens with two attached hydrogens (primary N) is 2. The number of nitrogens with zero attached hydrogens (tertiary/aromatic N) is 1. The number of hydrogen-bond acceptors (Lipinski definition) is 3. The molecule has 0 fully saturated rings. The summed E-state index contributed by atoms with van der Waals surface area (Å²) >= 11 is 0. The number of guanidine groups is 1. The van der Waals surface area contributed by atoms with E-state index in [1.165, 1.54) is 6.07 Å². The Bertz CT molecular complexity index is 721. The summed E-state index contributed by atoms with van der Waals surface area (Å²) < 4.78 is 24.3. The lowest BCUT2D eigenvalue weighted by Crippen LogP contribution is -2.24. The zero-order valence-corrected chi connectivity index (χ0v) is 15.4. The van der Waals surface area contributed by atoms with Gasteiger partial charge in [-0.15, -0.1) is 0 Å². The number of hydrogen-bond donors (Lipinski definition) is 2. The van der Waals surface area contributed by atoms with Crippen molar-refractivity contribution in [1.29, 1.82) is 0 Å². The number of benzene rings is 1. The van der Waals surface area contributed by atoms with Crippen LogP contribution < -0.4 is 11.5 Å². The molecule has 4 N–H and O–H groups in total. The van der Waals surface area contributed by atoms with Gasteiger partial charge in [0.15, 0.2) is 15.8 Å². The molecular weight excluding hydrogens is 326 g/mol. The Morgan fingerprint density at radius 2 is 1.75 bits per heavy atom. The molecule has 0 aliphatic rings. The predicted octanol–water partition coefficient (Wildman–Crippen LogP) is 2.19. The maximum Gasteiger partial charge on any atom is 0.280 e. The van der Waals surface area contributed by atoms with Crippen molar-refractivity contribution < 1.29 is 13.2 Å². The molecule has 0 aliphatic carbocycles. The van der Waals surface area contributed by atoms with Crippen LogP contribution in [0.3, 0.4) is 0 Å². The number of carbonyl (C=O) groups excluding carboxylic acids is 1. The van der Waals surface area contributed by atoms with E-state index in [4.69, 9.17) is 11.5 Å². The van der Waals surface area contributed by atoms with Gasteiger partial charge < -0.3 is 11.5 Å². The van der Waals surface area contributed by atoms with E-state index in [1.54, 1.807) is 6.07 Å². The molecule has 1 aromatic rings. The first-order chi connectivity index (χ1) is 11.2. The van der Waals surface area contributed by atoms with Crippen molar-refractivity contribution in [3.8, 4) is 0 Å². The summed E-state index contributed by atoms with van der Waals surface area (Å²) in [5, 5.41) is 0. The summed E-state index contributed by atoms with van der Waals surface area (Å²) in [4.78, 5) is 15.9. The van der Waals surface area contributed by atoms with Crippen LogP contribution in [0.5, 0.6) is 0 Å². The molecule has 0 heterocycles. The van der Waals surface area contributed by atoms with Gasteiger partial charge in [-0.3, -0.25) is 4.79 Å². The molecule has 0 saturated carbocycles. The maximum atomic E-state index is 12.2. The van der Waals surface area contributed by atoms with Gasteiger partial charge in [0, 0.05) is 11.8 Å². The van der Waals surface area contributed by atoms with Gasteiger partial charge in [-0.1, -0.05) is 39.2 Å². The highest BCUT2D eigenvalue weighted by Gasteiger charge is 2.20. The van der Waals surface area contributed by atoms with Gasteiger partial charge in [0.25, 0.3) is 5.91 Å². The second-order valence-electron chi connectivity index (χ2n) is 5.90. The van der Waals surface area contributed by atoms with E-state index in [2.05, 4.69) is 11.9 Å². The number of rotatable bonds is 8. The van der Waals surface area contributed by atoms with Crippen molar-refractivity contribution in [1.82, 2.24) is 0 Å². The quantitative estimate of drug-likeness (QED) is 0.422. The van der Waals surface area contributed by atoms with Crippen molar-refractivity contribution >= 4 is 21.7 Å². The van der Waals surface area contributed by atoms with E-state index in [0.29, 0.717) is 12.8 Å². The van der Waals surface area contributed by atoms with Gasteiger partial charge in [-0.25, -0.2) is 8.42 Å². The minimum atomic E-state index is -3.45. The average Bonchev–Trinajstić information content (AvgIpc) is 2.49. The van der Waals surface area contributed by atoms with Crippen LogP contribution in [0.2, 0.25) is 0 Å². The molecule has 0 radical (unpaired) electrons. The molecule has 1 amide bonds. The highest BCUT2D eigenvalue weighted by Crippen LogP contribution is 2.25. The maximum absolute atomic E-state index is 12.2. The van der Waals surface area contributed by atoms with Crippen LogP contribution in [-0.2, 0) is 22.7 Å². The standard InChI is InChI=1S/C17H27N3O3S/c1-4-6-7-8-9-13-10-12(5-2)14(16(21)20-17(18)19)11-15(13)24(3,22)23/h10-11H,4-9H2,1-3H3,(H4,18,19,20,21). The van der Waals surface area contributed by atoms with Crippen LogP contribution >= 0.6 is 0 Å². The van der Waals surface area contributed by atoms with E-state index in [-0.39, 0.29) is 16.4 Å². The molecule has 134 valence electrons. The fourth-order valence-electron chi connectivity index (χ4n) is 2.63. The molecule has 6 nitrogen and oxygen atoms in total. The number of aliphatic imine (C=N–C) groups is 1. The first-order valence-corrected chi connectivity index (χ1v) is 10.1. The largest absolute Gasteiger partial charge is 0.370 e. The van der Waals surface area contributed by atoms with E-state index in [1.807, 2.05) is 6.92 Å². The lowest BCUT2D eigenvalue weighted by atomic mass is 9.98. The van der Waals surface area contributed by atoms with Gasteiger partial charge in [-0.2, -0.15) is 4.99 Å². The first kappa shape index (κ1) is 20.2. The van der Waals surface area contributed by atoms with Gasteiger partial charge >= 0.3 is 0 Å². The third-order valence-corrected chi connectivity index (χ3v) is 5.01. The summed E-state index contributed by atoms with van der Waals surface area (Å²) in [7, 11) is -3.45. The van der Waals surface area contributed by atoms with Crippen LogP contribution in [-0.4, -0.2) is 26.5 Å². The molecular formula is C17H27N3O3S. The average molecular weight is 353 g/mol. The SMILES string of the molecule is CCCCCCc1cc(CC)c(C(=O)N=C(N)N)cc1S(C)(=O)=O. The summed E-state index contributed by atoms with van der Waals surface area (Å²) in [6.45, 7) is 4.03. The fraction of sp³-hybridized carbons (Fsp3) is 0.529. The predicted molar refractivity (Wildman–Crippen MR) is 96.9 cm³/mol. The molecule has 24 heavy (non-hydrogen) atoms. The Labute approximate surface area is 144 Å². The lowest BCUT2D eigenvalue weighted by molar-refractivity contribution is 0.100. The summed E-state index contributed by atoms with van der Waals surface area (Å²) in [6.07, 6.45) is 6.62. The minimum absolute atomic E-state index is 0.186. The Morgan fingerprint density at radius 1 is 1.08 bits per heavy atom. The third kappa shape index (κ3) is 5.63. The smallest absolute Gasteiger partial charge is 0.280 e. The molecule has 7 heteroatoms. The Balaban J connectivity index is 3.35. The highest BCUT2D eigenvalue weighted by molar-refractivity contribution is 7.90. The summed E-state index contributed by atoms with van der Waals surface area (Å²) in [5.41, 5.74) is 12.3. The Hall–Kier alpha value is -1.89. The summed E-state index contributed by atoms with van der Waals surface area (Å²) in [5.74, 6) is -0.958. The summed E-state index contributed by atoms with van der Waals surface area (Å²) in [6, 6.07) is 3.22. The number of aryl methyl sites for hydroxylation is 2. The molecule has 0 spiro atoms. The molecule has 0 unspecified atom stereocenters. The molecule has 1 aromatic carbocycles. The van der Waals surface area contributed by atoms with Crippen molar-refractivity contribution in [3.05, 3.63) is 28.8 Å². The lowest BCUT2D eigenvalue weighted by Gasteiger charge is -2.13. The fourth-order valence-corrected chi connectivity index (χ4v) is 3.60. The third-order valence-electron chi connectivity index (χ3n) is 3.83. The Kier molecular flexibility index (Phi) is 7.41. The van der Waals surface area contributed by atoms with Gasteiger partial charge in [-0.05, 0) is 36.5 Å². The van der Waals surface area contributed by atoms with E-state index in [0.717, 1.165) is 43.1 Å². The number of amides is 1.